The van der Waals surface area contributed by atoms with Crippen molar-refractivity contribution in [2.24, 2.45) is 0 Å². The van der Waals surface area contributed by atoms with E-state index >= 15 is 0 Å². The second-order valence-electron chi connectivity index (χ2n) is 3.51. The van der Waals surface area contributed by atoms with Crippen molar-refractivity contribution in [2.45, 2.75) is 0 Å². The summed E-state index contributed by atoms with van der Waals surface area (Å²) in [7, 11) is 0. The molecule has 5 heteroatoms. The van der Waals surface area contributed by atoms with Crippen molar-refractivity contribution in [3.63, 3.8) is 0 Å². The minimum atomic E-state index is -0.780. The standard InChI is InChI=1S/C12H9FN2O2/c13-11-7-9(15(16)17)6-10(12(11)14)8-4-2-1-3-5-8/h1-7H,14H2. The lowest BCUT2D eigenvalue weighted by atomic mass is 10.0. The van der Waals surface area contributed by atoms with Gasteiger partial charge in [0.15, 0.2) is 5.82 Å². The lowest BCUT2D eigenvalue weighted by molar-refractivity contribution is -0.385. The third kappa shape index (κ3) is 2.08. The molecule has 2 N–H and O–H groups in total. The second kappa shape index (κ2) is 4.21. The molecule has 0 bridgehead atoms. The summed E-state index contributed by atoms with van der Waals surface area (Å²) in [6, 6.07) is 10.8. The number of nitrogens with two attached hydrogens (primary N) is 1. The van der Waals surface area contributed by atoms with Crippen LogP contribution in [0.5, 0.6) is 0 Å². The quantitative estimate of drug-likeness (QED) is 0.491. The van der Waals surface area contributed by atoms with Crippen LogP contribution >= 0.6 is 0 Å². The highest BCUT2D eigenvalue weighted by molar-refractivity contribution is 5.78. The molecule has 0 aliphatic carbocycles. The van der Waals surface area contributed by atoms with Gasteiger partial charge < -0.3 is 5.73 Å². The summed E-state index contributed by atoms with van der Waals surface area (Å²) in [5.41, 5.74) is 6.17. The highest BCUT2D eigenvalue weighted by Gasteiger charge is 2.15. The summed E-state index contributed by atoms with van der Waals surface area (Å²) in [5.74, 6) is -0.780. The van der Waals surface area contributed by atoms with E-state index in [1.54, 1.807) is 30.3 Å². The number of nitrogens with zero attached hydrogens (tertiary/aromatic N) is 1. The Morgan fingerprint density at radius 3 is 2.41 bits per heavy atom. The third-order valence-electron chi connectivity index (χ3n) is 2.41. The van der Waals surface area contributed by atoms with E-state index in [2.05, 4.69) is 0 Å². The number of hydrogen-bond acceptors (Lipinski definition) is 3. The van der Waals surface area contributed by atoms with Crippen molar-refractivity contribution in [1.82, 2.24) is 0 Å². The van der Waals surface area contributed by atoms with Crippen LogP contribution in [0.2, 0.25) is 0 Å². The van der Waals surface area contributed by atoms with Gasteiger partial charge in [0.05, 0.1) is 16.7 Å². The Morgan fingerprint density at radius 1 is 1.18 bits per heavy atom. The minimum absolute atomic E-state index is 0.0817. The Morgan fingerprint density at radius 2 is 1.82 bits per heavy atom. The Bertz CT molecular complexity index is 570. The average molecular weight is 232 g/mol. The maximum absolute atomic E-state index is 13.5. The van der Waals surface area contributed by atoms with E-state index in [0.29, 0.717) is 11.1 Å². The van der Waals surface area contributed by atoms with Gasteiger partial charge in [-0.1, -0.05) is 30.3 Å². The number of rotatable bonds is 2. The van der Waals surface area contributed by atoms with Gasteiger partial charge in [0.2, 0.25) is 0 Å². The summed E-state index contributed by atoms with van der Waals surface area (Å²) >= 11 is 0. The molecular formula is C12H9FN2O2. The molecule has 0 heterocycles. The number of nitrogen functional groups attached to an aromatic ring is 1. The van der Waals surface area contributed by atoms with Crippen LogP contribution in [0.4, 0.5) is 15.8 Å². The van der Waals surface area contributed by atoms with Crippen molar-refractivity contribution in [3.05, 3.63) is 58.4 Å². The summed E-state index contributed by atoms with van der Waals surface area (Å²) in [5, 5.41) is 10.6. The fraction of sp³-hybridized carbons (Fsp3) is 0. The molecule has 2 aromatic carbocycles. The fourth-order valence-corrected chi connectivity index (χ4v) is 1.57. The molecule has 0 unspecified atom stereocenters. The SMILES string of the molecule is Nc1c(F)cc([N+](=O)[O-])cc1-c1ccccc1. The number of non-ortho nitro benzene ring substituents is 1. The smallest absolute Gasteiger partial charge is 0.273 e. The van der Waals surface area contributed by atoms with Crippen LogP contribution in [-0.4, -0.2) is 4.92 Å². The van der Waals surface area contributed by atoms with Crippen molar-refractivity contribution in [3.8, 4) is 11.1 Å². The molecule has 4 nitrogen and oxygen atoms in total. The Labute approximate surface area is 96.6 Å². The maximum Gasteiger partial charge on any atom is 0.273 e. The molecular weight excluding hydrogens is 223 g/mol. The van der Waals surface area contributed by atoms with Gasteiger partial charge in [-0.05, 0) is 5.56 Å². The van der Waals surface area contributed by atoms with Crippen molar-refractivity contribution in [1.29, 1.82) is 0 Å². The van der Waals surface area contributed by atoms with Gasteiger partial charge >= 0.3 is 0 Å². The second-order valence-corrected chi connectivity index (χ2v) is 3.51. The highest BCUT2D eigenvalue weighted by atomic mass is 19.1. The fourth-order valence-electron chi connectivity index (χ4n) is 1.57. The molecule has 2 aromatic rings. The van der Waals surface area contributed by atoms with Crippen molar-refractivity contribution >= 4 is 11.4 Å². The van der Waals surface area contributed by atoms with Crippen molar-refractivity contribution in [2.75, 3.05) is 5.73 Å². The summed E-state index contributed by atoms with van der Waals surface area (Å²) in [6.45, 7) is 0. The van der Waals surface area contributed by atoms with Gasteiger partial charge in [-0.3, -0.25) is 10.1 Å². The molecule has 0 saturated heterocycles. The van der Waals surface area contributed by atoms with Crippen LogP contribution in [0.3, 0.4) is 0 Å². The molecule has 2 rings (SSSR count). The Kier molecular flexibility index (Phi) is 2.74. The molecule has 86 valence electrons. The molecule has 0 amide bonds. The zero-order chi connectivity index (χ0) is 12.4. The lowest BCUT2D eigenvalue weighted by Gasteiger charge is -2.06. The molecule has 0 aliphatic heterocycles. The predicted octanol–water partition coefficient (Wildman–Crippen LogP) is 2.98. The molecule has 17 heavy (non-hydrogen) atoms. The van der Waals surface area contributed by atoms with Gasteiger partial charge in [-0.25, -0.2) is 4.39 Å². The monoisotopic (exact) mass is 232 g/mol. The van der Waals surface area contributed by atoms with E-state index < -0.39 is 10.7 Å². The minimum Gasteiger partial charge on any atom is -0.396 e. The Hall–Kier alpha value is -2.43. The summed E-state index contributed by atoms with van der Waals surface area (Å²) in [4.78, 5) is 10.0. The van der Waals surface area contributed by atoms with Crippen LogP contribution in [0.25, 0.3) is 11.1 Å². The van der Waals surface area contributed by atoms with Crippen LogP contribution in [0.15, 0.2) is 42.5 Å². The summed E-state index contributed by atoms with van der Waals surface area (Å²) < 4.78 is 13.5. The number of benzene rings is 2. The van der Waals surface area contributed by atoms with Crippen LogP contribution in [0, 0.1) is 15.9 Å². The number of halogens is 1. The highest BCUT2D eigenvalue weighted by Crippen LogP contribution is 2.31. The number of hydrogen-bond donors (Lipinski definition) is 1. The van der Waals surface area contributed by atoms with E-state index in [-0.39, 0.29) is 11.4 Å². The molecule has 0 radical (unpaired) electrons. The zero-order valence-electron chi connectivity index (χ0n) is 8.76. The normalized spacial score (nSPS) is 10.2. The summed E-state index contributed by atoms with van der Waals surface area (Å²) in [6.07, 6.45) is 0. The van der Waals surface area contributed by atoms with Crippen LogP contribution < -0.4 is 5.73 Å². The first-order valence-corrected chi connectivity index (χ1v) is 4.88. The van der Waals surface area contributed by atoms with E-state index in [1.807, 2.05) is 0 Å². The third-order valence-corrected chi connectivity index (χ3v) is 2.41. The van der Waals surface area contributed by atoms with E-state index in [0.717, 1.165) is 6.07 Å². The molecule has 0 aliphatic rings. The number of nitro benzene ring substituents is 1. The molecule has 0 fully saturated rings. The van der Waals surface area contributed by atoms with E-state index in [4.69, 9.17) is 5.73 Å². The molecule has 0 spiro atoms. The van der Waals surface area contributed by atoms with Crippen LogP contribution in [0.1, 0.15) is 0 Å². The largest absolute Gasteiger partial charge is 0.396 e. The van der Waals surface area contributed by atoms with Gasteiger partial charge in [-0.2, -0.15) is 0 Å². The molecule has 0 aromatic heterocycles. The molecule has 0 saturated carbocycles. The Balaban J connectivity index is 2.65. The van der Waals surface area contributed by atoms with Gasteiger partial charge in [0.25, 0.3) is 5.69 Å². The van der Waals surface area contributed by atoms with Gasteiger partial charge in [-0.15, -0.1) is 0 Å². The zero-order valence-corrected chi connectivity index (χ0v) is 8.76. The topological polar surface area (TPSA) is 69.2 Å². The first-order chi connectivity index (χ1) is 8.09. The average Bonchev–Trinajstić information content (AvgIpc) is 2.33. The van der Waals surface area contributed by atoms with E-state index in [9.17, 15) is 14.5 Å². The maximum atomic E-state index is 13.5. The van der Waals surface area contributed by atoms with Crippen molar-refractivity contribution < 1.29 is 9.31 Å². The van der Waals surface area contributed by atoms with E-state index in [1.165, 1.54) is 6.07 Å². The first kappa shape index (κ1) is 11.1. The van der Waals surface area contributed by atoms with Gasteiger partial charge in [0, 0.05) is 11.6 Å². The number of nitro groups is 1. The first-order valence-electron chi connectivity index (χ1n) is 4.88. The number of anilines is 1. The van der Waals surface area contributed by atoms with Gasteiger partial charge in [0.1, 0.15) is 0 Å². The van der Waals surface area contributed by atoms with Crippen LogP contribution in [-0.2, 0) is 0 Å². The lowest BCUT2D eigenvalue weighted by Crippen LogP contribution is -1.97. The molecule has 0 atom stereocenters. The predicted molar refractivity (Wildman–Crippen MR) is 62.9 cm³/mol.